The summed E-state index contributed by atoms with van der Waals surface area (Å²) in [5.74, 6) is -0.856. The first-order valence-electron chi connectivity index (χ1n) is 4.35. The van der Waals surface area contributed by atoms with Crippen LogP contribution in [0.5, 0.6) is 5.75 Å². The van der Waals surface area contributed by atoms with Crippen molar-refractivity contribution in [1.82, 2.24) is 0 Å². The Morgan fingerprint density at radius 2 is 1.94 bits per heavy atom. The third-order valence-corrected chi connectivity index (χ3v) is 1.50. The molecule has 1 rings (SSSR count). The van der Waals surface area contributed by atoms with E-state index < -0.39 is 17.8 Å². The van der Waals surface area contributed by atoms with Crippen LogP contribution in [0.15, 0.2) is 35.5 Å². The number of hydrogen-bond donors (Lipinski definition) is 1. The predicted octanol–water partition coefficient (Wildman–Crippen LogP) is 0.567. The van der Waals surface area contributed by atoms with Crippen molar-refractivity contribution in [1.29, 1.82) is 5.26 Å². The van der Waals surface area contributed by atoms with Crippen LogP contribution in [0.2, 0.25) is 0 Å². The van der Waals surface area contributed by atoms with Crippen molar-refractivity contribution in [2.45, 2.75) is 0 Å². The molecule has 0 unspecified atom stereocenters. The van der Waals surface area contributed by atoms with Gasteiger partial charge in [-0.2, -0.15) is 5.26 Å². The average Bonchev–Trinajstić information content (AvgIpc) is 2.30. The van der Waals surface area contributed by atoms with Gasteiger partial charge >= 0.3 is 6.16 Å². The van der Waals surface area contributed by atoms with Gasteiger partial charge in [0.1, 0.15) is 11.8 Å². The lowest BCUT2D eigenvalue weighted by molar-refractivity contribution is -0.112. The number of benzene rings is 1. The number of primary amides is 1. The Labute approximate surface area is 96.0 Å². The number of rotatable bonds is 3. The highest BCUT2D eigenvalue weighted by Gasteiger charge is 2.10. The van der Waals surface area contributed by atoms with Gasteiger partial charge in [0.05, 0.1) is 0 Å². The zero-order valence-corrected chi connectivity index (χ0v) is 8.49. The molecule has 2 N–H and O–H groups in total. The van der Waals surface area contributed by atoms with Crippen LogP contribution in [0, 0.1) is 11.3 Å². The number of nitriles is 1. The number of carbonyl (C=O) groups is 2. The molecule has 7 nitrogen and oxygen atoms in total. The molecule has 0 aliphatic carbocycles. The van der Waals surface area contributed by atoms with E-state index in [1.807, 2.05) is 0 Å². The Balaban J connectivity index is 2.57. The van der Waals surface area contributed by atoms with Gasteiger partial charge in [-0.3, -0.25) is 9.63 Å². The molecular formula is C10H7N3O4. The zero-order chi connectivity index (χ0) is 12.7. The van der Waals surface area contributed by atoms with Gasteiger partial charge in [0.15, 0.2) is 0 Å². The van der Waals surface area contributed by atoms with E-state index in [9.17, 15) is 9.59 Å². The normalized spacial score (nSPS) is 10.2. The van der Waals surface area contributed by atoms with Crippen molar-refractivity contribution in [3.63, 3.8) is 0 Å². The number of hydrogen-bond acceptors (Lipinski definition) is 6. The molecule has 0 aromatic heterocycles. The van der Waals surface area contributed by atoms with Crippen LogP contribution in [0.3, 0.4) is 0 Å². The number of nitrogens with two attached hydrogens (primary N) is 1. The van der Waals surface area contributed by atoms with E-state index >= 15 is 0 Å². The van der Waals surface area contributed by atoms with E-state index in [-0.39, 0.29) is 5.75 Å². The minimum absolute atomic E-state index is 0.241. The molecule has 0 bridgehead atoms. The molecule has 1 aromatic rings. The van der Waals surface area contributed by atoms with E-state index in [1.165, 1.54) is 18.2 Å². The molecule has 0 saturated carbocycles. The highest BCUT2D eigenvalue weighted by molar-refractivity contribution is 6.44. The predicted molar refractivity (Wildman–Crippen MR) is 55.8 cm³/mol. The van der Waals surface area contributed by atoms with Gasteiger partial charge in [0.25, 0.3) is 5.91 Å². The zero-order valence-electron chi connectivity index (χ0n) is 8.49. The average molecular weight is 233 g/mol. The number of carbonyl (C=O) groups excluding carboxylic acids is 2. The molecule has 1 amide bonds. The molecule has 0 aliphatic heterocycles. The lowest BCUT2D eigenvalue weighted by Gasteiger charge is -2.00. The van der Waals surface area contributed by atoms with Crippen molar-refractivity contribution in [2.24, 2.45) is 10.9 Å². The molecule has 1 aromatic carbocycles. The minimum atomic E-state index is -1.18. The van der Waals surface area contributed by atoms with E-state index in [0.717, 1.165) is 0 Å². The second-order valence-electron chi connectivity index (χ2n) is 2.67. The Bertz CT molecular complexity index is 490. The number of para-hydroxylation sites is 1. The maximum Gasteiger partial charge on any atom is 0.540 e. The quantitative estimate of drug-likeness (QED) is 0.269. The lowest BCUT2D eigenvalue weighted by Crippen LogP contribution is -2.22. The van der Waals surface area contributed by atoms with Crippen LogP contribution in [0.1, 0.15) is 0 Å². The standard InChI is InChI=1S/C10H7N3O4/c11-6-8(9(12)14)13-17-10(15)16-7-4-2-1-3-5-7/h1-5H,(H2,12,14). The molecule has 17 heavy (non-hydrogen) atoms. The Hall–Kier alpha value is -2.88. The van der Waals surface area contributed by atoms with Crippen molar-refractivity contribution in [3.8, 4) is 11.8 Å². The molecular weight excluding hydrogens is 226 g/mol. The molecule has 0 spiro atoms. The highest BCUT2D eigenvalue weighted by atomic mass is 16.8. The SMILES string of the molecule is N#CC(=NOC(=O)Oc1ccccc1)C(N)=O. The van der Waals surface area contributed by atoms with Crippen molar-refractivity contribution in [3.05, 3.63) is 30.3 Å². The van der Waals surface area contributed by atoms with Gasteiger partial charge < -0.3 is 10.5 Å². The highest BCUT2D eigenvalue weighted by Crippen LogP contribution is 2.09. The molecule has 0 radical (unpaired) electrons. The maximum absolute atomic E-state index is 11.0. The second-order valence-corrected chi connectivity index (χ2v) is 2.67. The van der Waals surface area contributed by atoms with Crippen LogP contribution in [-0.4, -0.2) is 17.8 Å². The van der Waals surface area contributed by atoms with Crippen LogP contribution in [0.25, 0.3) is 0 Å². The summed E-state index contributed by atoms with van der Waals surface area (Å²) in [7, 11) is 0. The van der Waals surface area contributed by atoms with Gasteiger partial charge in [0, 0.05) is 0 Å². The van der Waals surface area contributed by atoms with Gasteiger partial charge in [-0.25, -0.2) is 4.79 Å². The number of ether oxygens (including phenoxy) is 1. The summed E-state index contributed by atoms with van der Waals surface area (Å²) in [6.07, 6.45) is -1.18. The molecule has 0 aliphatic rings. The fourth-order valence-electron chi connectivity index (χ4n) is 0.807. The number of nitrogens with zero attached hydrogens (tertiary/aromatic N) is 2. The minimum Gasteiger partial charge on any atom is -0.393 e. The van der Waals surface area contributed by atoms with E-state index in [2.05, 4.69) is 14.7 Å². The largest absolute Gasteiger partial charge is 0.540 e. The summed E-state index contributed by atoms with van der Waals surface area (Å²) >= 11 is 0. The number of oxime groups is 1. The fraction of sp³-hybridized carbons (Fsp3) is 0. The van der Waals surface area contributed by atoms with Crippen molar-refractivity contribution in [2.75, 3.05) is 0 Å². The van der Waals surface area contributed by atoms with Gasteiger partial charge in [-0.1, -0.05) is 23.4 Å². The van der Waals surface area contributed by atoms with E-state index in [1.54, 1.807) is 18.2 Å². The summed E-state index contributed by atoms with van der Waals surface area (Å²) in [4.78, 5) is 25.7. The Morgan fingerprint density at radius 3 is 2.47 bits per heavy atom. The molecule has 86 valence electrons. The van der Waals surface area contributed by atoms with Gasteiger partial charge in [0.2, 0.25) is 5.71 Å². The van der Waals surface area contributed by atoms with Crippen LogP contribution in [0.4, 0.5) is 4.79 Å². The third kappa shape index (κ3) is 4.01. The molecule has 7 heteroatoms. The van der Waals surface area contributed by atoms with Crippen LogP contribution < -0.4 is 10.5 Å². The summed E-state index contributed by atoms with van der Waals surface area (Å²) in [5, 5.41) is 11.3. The topological polar surface area (TPSA) is 115 Å². The second kappa shape index (κ2) is 5.87. The Morgan fingerprint density at radius 1 is 1.29 bits per heavy atom. The molecule has 0 heterocycles. The Kier molecular flexibility index (Phi) is 4.21. The van der Waals surface area contributed by atoms with Gasteiger partial charge in [-0.15, -0.1) is 0 Å². The lowest BCUT2D eigenvalue weighted by atomic mass is 10.3. The molecule has 0 saturated heterocycles. The maximum atomic E-state index is 11.0. The third-order valence-electron chi connectivity index (χ3n) is 1.50. The van der Waals surface area contributed by atoms with Crippen molar-refractivity contribution >= 4 is 17.8 Å². The monoisotopic (exact) mass is 233 g/mol. The first-order chi connectivity index (χ1) is 8.13. The fourth-order valence-corrected chi connectivity index (χ4v) is 0.807. The van der Waals surface area contributed by atoms with Crippen molar-refractivity contribution < 1.29 is 19.2 Å². The number of amides is 1. The summed E-state index contributed by atoms with van der Waals surface area (Å²) < 4.78 is 4.66. The summed E-state index contributed by atoms with van der Waals surface area (Å²) in [6, 6.07) is 9.43. The summed E-state index contributed by atoms with van der Waals surface area (Å²) in [6.45, 7) is 0. The first kappa shape index (κ1) is 12.2. The van der Waals surface area contributed by atoms with Crippen LogP contribution in [-0.2, 0) is 9.63 Å². The molecule has 0 fully saturated rings. The summed E-state index contributed by atoms with van der Waals surface area (Å²) in [5.41, 5.74) is 4.03. The van der Waals surface area contributed by atoms with Crippen LogP contribution >= 0.6 is 0 Å². The first-order valence-corrected chi connectivity index (χ1v) is 4.35. The van der Waals surface area contributed by atoms with E-state index in [0.29, 0.717) is 0 Å². The smallest absolute Gasteiger partial charge is 0.393 e. The van der Waals surface area contributed by atoms with Gasteiger partial charge in [-0.05, 0) is 12.1 Å². The van der Waals surface area contributed by atoms with E-state index in [4.69, 9.17) is 11.0 Å². The molecule has 0 atom stereocenters.